The van der Waals surface area contributed by atoms with Crippen molar-refractivity contribution in [1.82, 2.24) is 4.98 Å². The van der Waals surface area contributed by atoms with E-state index in [1.165, 1.54) is 11.3 Å². The number of oxime groups is 1. The first-order valence-electron chi connectivity index (χ1n) is 5.33. The number of nitrogens with zero attached hydrogens (tertiary/aromatic N) is 2. The van der Waals surface area contributed by atoms with Crippen LogP contribution < -0.4 is 5.73 Å². The fraction of sp³-hybridized carbons (Fsp3) is 0.0833. The first-order chi connectivity index (χ1) is 9.60. The fourth-order valence-electron chi connectivity index (χ4n) is 1.33. The lowest BCUT2D eigenvalue weighted by molar-refractivity contribution is 0.131. The number of nitrogens with two attached hydrogens (primary N) is 1. The zero-order valence-corrected chi connectivity index (χ0v) is 12.3. The molecular formula is C12H8Cl2N3O2S. The van der Waals surface area contributed by atoms with Gasteiger partial charge in [0.05, 0.1) is 0 Å². The Morgan fingerprint density at radius 1 is 1.50 bits per heavy atom. The van der Waals surface area contributed by atoms with Crippen molar-refractivity contribution in [2.24, 2.45) is 5.16 Å². The number of thiazole rings is 1. The normalized spacial score (nSPS) is 11.4. The summed E-state index contributed by atoms with van der Waals surface area (Å²) in [7, 11) is 0. The van der Waals surface area contributed by atoms with Gasteiger partial charge in [-0.25, -0.2) is 4.98 Å². The Morgan fingerprint density at radius 2 is 2.30 bits per heavy atom. The van der Waals surface area contributed by atoms with Gasteiger partial charge in [-0.05, 0) is 18.2 Å². The first kappa shape index (κ1) is 14.8. The summed E-state index contributed by atoms with van der Waals surface area (Å²) < 4.78 is 0. The molecule has 0 saturated heterocycles. The largest absolute Gasteiger partial charge is 0.390 e. The summed E-state index contributed by atoms with van der Waals surface area (Å²) >= 11 is 13.0. The summed E-state index contributed by atoms with van der Waals surface area (Å²) in [4.78, 5) is 19.8. The summed E-state index contributed by atoms with van der Waals surface area (Å²) in [6.07, 6.45) is 1.65. The second-order valence-corrected chi connectivity index (χ2v) is 5.36. The Bertz CT molecular complexity index is 658. The average molecular weight is 329 g/mol. The molecule has 0 spiro atoms. The molecule has 2 rings (SSSR count). The average Bonchev–Trinajstić information content (AvgIpc) is 2.85. The van der Waals surface area contributed by atoms with Crippen LogP contribution in [0.3, 0.4) is 0 Å². The fourth-order valence-corrected chi connectivity index (χ4v) is 2.25. The standard InChI is InChI=1S/C12H8Cl2N3O2S/c13-8-1-2-9(14)7(3-8)5-19-17-10(4-18)11-6-20-12(15)16-11/h1-3,6H,5H2,(H2,15,16)/b17-10+. The number of anilines is 1. The van der Waals surface area contributed by atoms with Crippen LogP contribution in [0.2, 0.25) is 10.0 Å². The highest BCUT2D eigenvalue weighted by Gasteiger charge is 2.09. The summed E-state index contributed by atoms with van der Waals surface area (Å²) in [5.41, 5.74) is 6.40. The molecule has 0 unspecified atom stereocenters. The third-order valence-electron chi connectivity index (χ3n) is 2.24. The monoisotopic (exact) mass is 328 g/mol. The van der Waals surface area contributed by atoms with Crippen LogP contribution in [0.25, 0.3) is 0 Å². The number of carbonyl (C=O) groups excluding carboxylic acids is 1. The van der Waals surface area contributed by atoms with E-state index in [1.54, 1.807) is 29.9 Å². The minimum Gasteiger partial charge on any atom is -0.390 e. The van der Waals surface area contributed by atoms with Gasteiger partial charge in [0, 0.05) is 21.0 Å². The van der Waals surface area contributed by atoms with Crippen molar-refractivity contribution in [2.45, 2.75) is 6.61 Å². The van der Waals surface area contributed by atoms with Gasteiger partial charge in [0.25, 0.3) is 6.29 Å². The van der Waals surface area contributed by atoms with Crippen LogP contribution in [-0.4, -0.2) is 17.0 Å². The third kappa shape index (κ3) is 3.69. The molecule has 0 saturated carbocycles. The van der Waals surface area contributed by atoms with E-state index in [0.29, 0.717) is 26.4 Å². The molecule has 2 aromatic rings. The maximum absolute atomic E-state index is 10.8. The van der Waals surface area contributed by atoms with E-state index in [1.807, 2.05) is 0 Å². The Hall–Kier alpha value is -1.63. The molecule has 0 amide bonds. The molecule has 8 heteroatoms. The topological polar surface area (TPSA) is 77.6 Å². The van der Waals surface area contributed by atoms with E-state index in [4.69, 9.17) is 33.8 Å². The number of halogens is 2. The molecule has 0 aliphatic heterocycles. The van der Waals surface area contributed by atoms with Gasteiger partial charge >= 0.3 is 0 Å². The number of rotatable bonds is 5. The summed E-state index contributed by atoms with van der Waals surface area (Å²) in [6.45, 7) is 0.0736. The Morgan fingerprint density at radius 3 is 2.95 bits per heavy atom. The van der Waals surface area contributed by atoms with Gasteiger partial charge in [0.2, 0.25) is 0 Å². The van der Waals surface area contributed by atoms with Crippen molar-refractivity contribution >= 4 is 51.7 Å². The molecule has 2 N–H and O–H groups in total. The molecule has 1 aromatic heterocycles. The Kier molecular flexibility index (Phi) is 4.94. The van der Waals surface area contributed by atoms with Crippen molar-refractivity contribution in [1.29, 1.82) is 0 Å². The molecule has 1 aromatic carbocycles. The van der Waals surface area contributed by atoms with Crippen molar-refractivity contribution in [2.75, 3.05) is 5.73 Å². The number of nitrogen functional groups attached to an aromatic ring is 1. The number of aromatic nitrogens is 1. The predicted octanol–water partition coefficient (Wildman–Crippen LogP) is 3.06. The highest BCUT2D eigenvalue weighted by Crippen LogP contribution is 2.21. The van der Waals surface area contributed by atoms with Crippen LogP contribution in [-0.2, 0) is 16.2 Å². The maximum Gasteiger partial charge on any atom is 0.259 e. The molecule has 0 aliphatic rings. The number of hydrogen-bond donors (Lipinski definition) is 1. The van der Waals surface area contributed by atoms with E-state index in [2.05, 4.69) is 10.1 Å². The second-order valence-electron chi connectivity index (χ2n) is 3.62. The minimum atomic E-state index is -0.0592. The number of benzene rings is 1. The molecule has 0 fully saturated rings. The molecule has 0 bridgehead atoms. The summed E-state index contributed by atoms with van der Waals surface area (Å²) in [6, 6.07) is 4.98. The van der Waals surface area contributed by atoms with Gasteiger partial charge in [-0.2, -0.15) is 0 Å². The van der Waals surface area contributed by atoms with Gasteiger partial charge in [-0.1, -0.05) is 28.4 Å². The van der Waals surface area contributed by atoms with Crippen molar-refractivity contribution in [3.8, 4) is 0 Å². The Labute approximate surface area is 129 Å². The molecule has 1 heterocycles. The van der Waals surface area contributed by atoms with Gasteiger partial charge in [0.1, 0.15) is 12.3 Å². The predicted molar refractivity (Wildman–Crippen MR) is 80.0 cm³/mol. The van der Waals surface area contributed by atoms with Gasteiger partial charge < -0.3 is 10.6 Å². The maximum atomic E-state index is 10.8. The molecule has 0 atom stereocenters. The third-order valence-corrected chi connectivity index (χ3v) is 3.52. The lowest BCUT2D eigenvalue weighted by Gasteiger charge is -2.03. The zero-order chi connectivity index (χ0) is 14.5. The molecule has 5 nitrogen and oxygen atoms in total. The SMILES string of the molecule is Nc1nc(/C([C]=O)=N/OCc2cc(Cl)ccc2Cl)cs1. The van der Waals surface area contributed by atoms with E-state index in [-0.39, 0.29) is 12.3 Å². The van der Waals surface area contributed by atoms with E-state index in [9.17, 15) is 4.79 Å². The minimum absolute atomic E-state index is 0.0592. The van der Waals surface area contributed by atoms with Crippen molar-refractivity contribution in [3.05, 3.63) is 44.9 Å². The highest BCUT2D eigenvalue weighted by atomic mass is 35.5. The smallest absolute Gasteiger partial charge is 0.259 e. The molecule has 20 heavy (non-hydrogen) atoms. The zero-order valence-electron chi connectivity index (χ0n) is 9.97. The van der Waals surface area contributed by atoms with E-state index < -0.39 is 0 Å². The van der Waals surface area contributed by atoms with Gasteiger partial charge in [-0.15, -0.1) is 11.3 Å². The van der Waals surface area contributed by atoms with Crippen LogP contribution >= 0.6 is 34.5 Å². The van der Waals surface area contributed by atoms with Crippen LogP contribution in [0.5, 0.6) is 0 Å². The van der Waals surface area contributed by atoms with E-state index in [0.717, 1.165) is 0 Å². The van der Waals surface area contributed by atoms with Crippen LogP contribution in [0.15, 0.2) is 28.7 Å². The molecule has 0 aliphatic carbocycles. The lowest BCUT2D eigenvalue weighted by atomic mass is 10.2. The highest BCUT2D eigenvalue weighted by molar-refractivity contribution is 7.13. The van der Waals surface area contributed by atoms with E-state index >= 15 is 0 Å². The van der Waals surface area contributed by atoms with Crippen LogP contribution in [0.1, 0.15) is 11.3 Å². The van der Waals surface area contributed by atoms with Gasteiger partial charge in [-0.3, -0.25) is 4.79 Å². The lowest BCUT2D eigenvalue weighted by Crippen LogP contribution is -2.04. The second kappa shape index (κ2) is 6.69. The van der Waals surface area contributed by atoms with Crippen LogP contribution in [0.4, 0.5) is 5.13 Å². The number of hydrogen-bond acceptors (Lipinski definition) is 6. The summed E-state index contributed by atoms with van der Waals surface area (Å²) in [5, 5.41) is 6.63. The van der Waals surface area contributed by atoms with Crippen molar-refractivity contribution < 1.29 is 9.63 Å². The molecular weight excluding hydrogens is 321 g/mol. The quantitative estimate of drug-likeness (QED) is 0.675. The first-order valence-corrected chi connectivity index (χ1v) is 6.97. The van der Waals surface area contributed by atoms with Crippen LogP contribution in [0, 0.1) is 0 Å². The molecule has 103 valence electrons. The molecule has 1 radical (unpaired) electrons. The summed E-state index contributed by atoms with van der Waals surface area (Å²) in [5.74, 6) is 0. The van der Waals surface area contributed by atoms with Gasteiger partial charge in [0.15, 0.2) is 10.8 Å². The Balaban J connectivity index is 2.08. The van der Waals surface area contributed by atoms with Crippen molar-refractivity contribution in [3.63, 3.8) is 0 Å².